The van der Waals surface area contributed by atoms with Gasteiger partial charge in [-0.1, -0.05) is 24.3 Å². The van der Waals surface area contributed by atoms with Crippen LogP contribution in [0, 0.1) is 0 Å². The molecule has 2 rings (SSSR count). The van der Waals surface area contributed by atoms with Crippen molar-refractivity contribution in [3.05, 3.63) is 59.4 Å². The first-order chi connectivity index (χ1) is 11.1. The average molecular weight is 314 g/mol. The highest BCUT2D eigenvalue weighted by atomic mass is 16.5. The van der Waals surface area contributed by atoms with E-state index in [1.165, 1.54) is 0 Å². The number of carbonyl (C=O) groups is 1. The van der Waals surface area contributed by atoms with E-state index >= 15 is 0 Å². The molecule has 0 radical (unpaired) electrons. The predicted molar refractivity (Wildman–Crippen MR) is 88.4 cm³/mol. The normalized spacial score (nSPS) is 10.6. The lowest BCUT2D eigenvalue weighted by molar-refractivity contribution is 0.0942. The maximum atomic E-state index is 12.3. The molecule has 5 nitrogen and oxygen atoms in total. The first-order valence-electron chi connectivity index (χ1n) is 7.68. The number of aliphatic hydroxyl groups is 1. The number of aromatic nitrogens is 1. The van der Waals surface area contributed by atoms with Gasteiger partial charge in [-0.15, -0.1) is 0 Å². The van der Waals surface area contributed by atoms with E-state index in [2.05, 4.69) is 10.3 Å². The van der Waals surface area contributed by atoms with E-state index in [-0.39, 0.29) is 18.6 Å². The third-order valence-corrected chi connectivity index (χ3v) is 3.25. The zero-order valence-corrected chi connectivity index (χ0v) is 13.5. The molecular weight excluding hydrogens is 292 g/mol. The molecule has 122 valence electrons. The third kappa shape index (κ3) is 5.07. The topological polar surface area (TPSA) is 71.5 Å². The smallest absolute Gasteiger partial charge is 0.273 e. The Bertz CT molecular complexity index is 639. The first kappa shape index (κ1) is 17.0. The number of ether oxygens (including phenoxy) is 1. The number of rotatable bonds is 7. The number of aliphatic hydroxyl groups excluding tert-OH is 1. The van der Waals surface area contributed by atoms with Gasteiger partial charge in [0.15, 0.2) is 11.4 Å². The molecule has 0 atom stereocenters. The minimum atomic E-state index is -0.242. The summed E-state index contributed by atoms with van der Waals surface area (Å²) >= 11 is 0. The molecular formula is C18H22N2O3. The van der Waals surface area contributed by atoms with Gasteiger partial charge < -0.3 is 15.2 Å². The number of hydrogen-bond acceptors (Lipinski definition) is 4. The Kier molecular flexibility index (Phi) is 6.11. The van der Waals surface area contributed by atoms with Crippen molar-refractivity contribution in [3.8, 4) is 5.75 Å². The minimum Gasteiger partial charge on any atom is -0.489 e. The van der Waals surface area contributed by atoms with E-state index in [0.29, 0.717) is 24.4 Å². The number of nitrogens with one attached hydrogen (secondary N) is 1. The van der Waals surface area contributed by atoms with Crippen molar-refractivity contribution in [1.82, 2.24) is 10.3 Å². The van der Waals surface area contributed by atoms with Crippen LogP contribution < -0.4 is 10.1 Å². The molecule has 0 spiro atoms. The first-order valence-corrected chi connectivity index (χ1v) is 7.68. The van der Waals surface area contributed by atoms with Gasteiger partial charge in [-0.2, -0.15) is 0 Å². The van der Waals surface area contributed by atoms with E-state index < -0.39 is 0 Å². The van der Waals surface area contributed by atoms with Crippen molar-refractivity contribution in [2.24, 2.45) is 0 Å². The maximum absolute atomic E-state index is 12.3. The molecule has 0 bridgehead atoms. The van der Waals surface area contributed by atoms with E-state index in [4.69, 9.17) is 9.84 Å². The van der Waals surface area contributed by atoms with Gasteiger partial charge in [0, 0.05) is 12.7 Å². The molecule has 0 aliphatic carbocycles. The molecule has 23 heavy (non-hydrogen) atoms. The van der Waals surface area contributed by atoms with Crippen molar-refractivity contribution in [2.45, 2.75) is 33.0 Å². The summed E-state index contributed by atoms with van der Waals surface area (Å²) in [6.45, 7) is 4.36. The number of amides is 1. The molecule has 2 N–H and O–H groups in total. The summed E-state index contributed by atoms with van der Waals surface area (Å²) < 4.78 is 5.61. The number of hydrogen-bond donors (Lipinski definition) is 2. The van der Waals surface area contributed by atoms with E-state index in [9.17, 15) is 4.79 Å². The van der Waals surface area contributed by atoms with Crippen molar-refractivity contribution in [2.75, 3.05) is 6.54 Å². The fourth-order valence-corrected chi connectivity index (χ4v) is 2.13. The average Bonchev–Trinajstić information content (AvgIpc) is 2.55. The fraction of sp³-hybridized carbons (Fsp3) is 0.333. The van der Waals surface area contributed by atoms with Crippen molar-refractivity contribution in [1.29, 1.82) is 0 Å². The van der Waals surface area contributed by atoms with Gasteiger partial charge in [0.05, 0.1) is 12.7 Å². The van der Waals surface area contributed by atoms with Gasteiger partial charge in [0.25, 0.3) is 5.91 Å². The van der Waals surface area contributed by atoms with Gasteiger partial charge >= 0.3 is 0 Å². The molecule has 1 amide bonds. The molecule has 5 heteroatoms. The maximum Gasteiger partial charge on any atom is 0.273 e. The molecule has 0 aliphatic heterocycles. The van der Waals surface area contributed by atoms with Gasteiger partial charge in [-0.25, -0.2) is 4.98 Å². The van der Waals surface area contributed by atoms with Crippen LogP contribution in [0.4, 0.5) is 0 Å². The lowest BCUT2D eigenvalue weighted by atomic mass is 10.1. The molecule has 1 aromatic heterocycles. The van der Waals surface area contributed by atoms with Crippen LogP contribution in [-0.4, -0.2) is 28.6 Å². The number of benzene rings is 1. The molecule has 1 aromatic carbocycles. The molecule has 0 aliphatic rings. The highest BCUT2D eigenvalue weighted by Gasteiger charge is 2.14. The highest BCUT2D eigenvalue weighted by molar-refractivity contribution is 5.94. The zero-order valence-electron chi connectivity index (χ0n) is 13.5. The number of nitrogens with zero attached hydrogens (tertiary/aromatic N) is 1. The van der Waals surface area contributed by atoms with Crippen LogP contribution in [0.25, 0.3) is 0 Å². The summed E-state index contributed by atoms with van der Waals surface area (Å²) in [4.78, 5) is 16.4. The standard InChI is InChI=1S/C18H22N2O3/c1-13(2)23-16-4-3-10-19-17(16)18(22)20-11-9-14-5-7-15(12-21)8-6-14/h3-8,10,13,21H,9,11-12H2,1-2H3,(H,20,22). The predicted octanol–water partition coefficient (Wildman–Crippen LogP) is 2.33. The highest BCUT2D eigenvalue weighted by Crippen LogP contribution is 2.16. The Morgan fingerprint density at radius 1 is 1.22 bits per heavy atom. The Morgan fingerprint density at radius 3 is 2.57 bits per heavy atom. The zero-order chi connectivity index (χ0) is 16.7. The van der Waals surface area contributed by atoms with Gasteiger partial charge in [-0.05, 0) is 43.5 Å². The molecule has 0 saturated carbocycles. The van der Waals surface area contributed by atoms with E-state index in [1.54, 1.807) is 18.3 Å². The van der Waals surface area contributed by atoms with Gasteiger partial charge in [0.2, 0.25) is 0 Å². The van der Waals surface area contributed by atoms with Gasteiger partial charge in [0.1, 0.15) is 0 Å². The second-order valence-corrected chi connectivity index (χ2v) is 5.50. The summed E-state index contributed by atoms with van der Waals surface area (Å²) in [5.74, 6) is 0.250. The lowest BCUT2D eigenvalue weighted by Crippen LogP contribution is -2.27. The van der Waals surface area contributed by atoms with E-state index in [1.807, 2.05) is 38.1 Å². The second-order valence-electron chi connectivity index (χ2n) is 5.50. The van der Waals surface area contributed by atoms with Crippen molar-refractivity contribution < 1.29 is 14.6 Å². The quantitative estimate of drug-likeness (QED) is 0.823. The van der Waals surface area contributed by atoms with E-state index in [0.717, 1.165) is 11.1 Å². The summed E-state index contributed by atoms with van der Waals surface area (Å²) in [6, 6.07) is 11.2. The van der Waals surface area contributed by atoms with Crippen molar-refractivity contribution in [3.63, 3.8) is 0 Å². The van der Waals surface area contributed by atoms with Gasteiger partial charge in [-0.3, -0.25) is 4.79 Å². The largest absolute Gasteiger partial charge is 0.489 e. The van der Waals surface area contributed by atoms with Crippen molar-refractivity contribution >= 4 is 5.91 Å². The molecule has 0 unspecified atom stereocenters. The summed E-state index contributed by atoms with van der Waals surface area (Å²) in [6.07, 6.45) is 2.27. The SMILES string of the molecule is CC(C)Oc1cccnc1C(=O)NCCc1ccc(CO)cc1. The molecule has 0 fully saturated rings. The Labute approximate surface area is 136 Å². The Balaban J connectivity index is 1.91. The Morgan fingerprint density at radius 2 is 1.91 bits per heavy atom. The molecule has 1 heterocycles. The van der Waals surface area contributed by atoms with Crippen LogP contribution in [0.5, 0.6) is 5.75 Å². The van der Waals surface area contributed by atoms with Crippen LogP contribution in [0.2, 0.25) is 0 Å². The summed E-state index contributed by atoms with van der Waals surface area (Å²) in [5, 5.41) is 11.9. The third-order valence-electron chi connectivity index (χ3n) is 3.25. The van der Waals surface area contributed by atoms with Crippen LogP contribution in [0.3, 0.4) is 0 Å². The second kappa shape index (κ2) is 8.29. The number of carbonyl (C=O) groups excluding carboxylic acids is 1. The van der Waals surface area contributed by atoms with Crippen LogP contribution in [0.15, 0.2) is 42.6 Å². The molecule has 0 saturated heterocycles. The summed E-state index contributed by atoms with van der Waals surface area (Å²) in [7, 11) is 0. The minimum absolute atomic E-state index is 0.0178. The monoisotopic (exact) mass is 314 g/mol. The van der Waals surface area contributed by atoms with Crippen LogP contribution in [0.1, 0.15) is 35.5 Å². The van der Waals surface area contributed by atoms with Crippen LogP contribution >= 0.6 is 0 Å². The lowest BCUT2D eigenvalue weighted by Gasteiger charge is -2.13. The number of pyridine rings is 1. The molecule has 2 aromatic rings. The Hall–Kier alpha value is -2.40. The summed E-state index contributed by atoms with van der Waals surface area (Å²) in [5.41, 5.74) is 2.28. The van der Waals surface area contributed by atoms with Crippen LogP contribution in [-0.2, 0) is 13.0 Å². The fourth-order valence-electron chi connectivity index (χ4n) is 2.13.